The SMILES string of the molecule is CC.Cc1cc(C(O)COCC(=O)NCC[S-])ccc1OC(=O)N(CCCN(C)C)CCCN(C)C.[Ir]. The fourth-order valence-electron chi connectivity index (χ4n) is 3.20. The minimum absolute atomic E-state index is 0. The Morgan fingerprint density at radius 3 is 2.08 bits per heavy atom. The van der Waals surface area contributed by atoms with Gasteiger partial charge in [-0.05, 0) is 90.8 Å². The molecule has 9 nitrogen and oxygen atoms in total. The zero-order chi connectivity index (χ0) is 27.5. The van der Waals surface area contributed by atoms with Crippen molar-refractivity contribution in [3.63, 3.8) is 0 Å². The smallest absolute Gasteiger partial charge is 0.415 e. The molecule has 37 heavy (non-hydrogen) atoms. The monoisotopic (exact) mass is 720 g/mol. The summed E-state index contributed by atoms with van der Waals surface area (Å²) in [7, 11) is 8.04. The molecular weight excluding hydrogens is 673 g/mol. The van der Waals surface area contributed by atoms with Gasteiger partial charge in [-0.3, -0.25) is 4.79 Å². The molecule has 0 fully saturated rings. The predicted octanol–water partition coefficient (Wildman–Crippen LogP) is 2.44. The fraction of sp³-hybridized carbons (Fsp3) is 0.692. The van der Waals surface area contributed by atoms with Gasteiger partial charge in [0.15, 0.2) is 0 Å². The standard InChI is InChI=1S/C24H42N4O5S.C2H6.Ir/c1-19-16-20(21(29)17-32-18-23(30)25-10-15-34)8-9-22(19)33-24(31)28(13-6-11-26(2)3)14-7-12-27(4)5;1-2;/h8-9,16,21,29,34H,6-7,10-15,17-18H2,1-5H3,(H,25,30);1-2H3;/p-1. The molecule has 0 saturated carbocycles. The van der Waals surface area contributed by atoms with Gasteiger partial charge in [0.1, 0.15) is 18.5 Å². The van der Waals surface area contributed by atoms with Crippen molar-refractivity contribution in [2.24, 2.45) is 0 Å². The second kappa shape index (κ2) is 22.8. The Morgan fingerprint density at radius 1 is 1.03 bits per heavy atom. The van der Waals surface area contributed by atoms with E-state index in [0.717, 1.165) is 31.5 Å². The largest absolute Gasteiger partial charge is 0.791 e. The molecule has 1 aromatic carbocycles. The van der Waals surface area contributed by atoms with Crippen molar-refractivity contribution in [3.05, 3.63) is 29.3 Å². The number of aliphatic hydroxyl groups is 1. The predicted molar refractivity (Wildman–Crippen MR) is 147 cm³/mol. The molecule has 0 heterocycles. The van der Waals surface area contributed by atoms with E-state index in [0.29, 0.717) is 36.7 Å². The van der Waals surface area contributed by atoms with Crippen LogP contribution in [0.2, 0.25) is 0 Å². The van der Waals surface area contributed by atoms with Crippen LogP contribution in [0.5, 0.6) is 5.75 Å². The average molecular weight is 720 g/mol. The fourth-order valence-corrected chi connectivity index (χ4v) is 3.31. The summed E-state index contributed by atoms with van der Waals surface area (Å²) in [6, 6.07) is 5.14. The summed E-state index contributed by atoms with van der Waals surface area (Å²) in [6.07, 6.45) is 0.449. The maximum absolute atomic E-state index is 12.9. The quantitative estimate of drug-likeness (QED) is 0.252. The van der Waals surface area contributed by atoms with E-state index in [4.69, 9.17) is 22.1 Å². The molecule has 2 amide bonds. The second-order valence-corrected chi connectivity index (χ2v) is 9.19. The van der Waals surface area contributed by atoms with E-state index in [2.05, 4.69) is 15.1 Å². The summed E-state index contributed by atoms with van der Waals surface area (Å²) in [5, 5.41) is 13.0. The van der Waals surface area contributed by atoms with Crippen LogP contribution in [0.25, 0.3) is 0 Å². The molecule has 11 heteroatoms. The van der Waals surface area contributed by atoms with Gasteiger partial charge in [-0.25, -0.2) is 4.79 Å². The van der Waals surface area contributed by atoms with Crippen molar-refractivity contribution in [2.45, 2.75) is 39.7 Å². The Kier molecular flexibility index (Phi) is 23.3. The van der Waals surface area contributed by atoms with Crippen molar-refractivity contribution in [3.8, 4) is 5.75 Å². The molecule has 0 aliphatic rings. The third kappa shape index (κ3) is 17.8. The molecule has 0 bridgehead atoms. The Morgan fingerprint density at radius 2 is 1.59 bits per heavy atom. The Balaban J connectivity index is 0. The number of aryl methyl sites for hydroxylation is 1. The van der Waals surface area contributed by atoms with Crippen LogP contribution >= 0.6 is 0 Å². The number of hydrogen-bond acceptors (Lipinski definition) is 8. The molecule has 1 rings (SSSR count). The van der Waals surface area contributed by atoms with Gasteiger partial charge in [-0.15, -0.1) is 0 Å². The van der Waals surface area contributed by atoms with Crippen molar-refractivity contribution in [2.75, 3.05) is 79.9 Å². The summed E-state index contributed by atoms with van der Waals surface area (Å²) in [6.45, 7) is 9.10. The summed E-state index contributed by atoms with van der Waals surface area (Å²) in [5.41, 5.74) is 1.35. The molecule has 1 radical (unpaired) electrons. The first-order valence-electron chi connectivity index (χ1n) is 12.6. The number of rotatable bonds is 16. The minimum atomic E-state index is -0.899. The molecule has 0 aliphatic heterocycles. The van der Waals surface area contributed by atoms with Gasteiger partial charge in [-0.1, -0.05) is 19.9 Å². The van der Waals surface area contributed by atoms with Crippen molar-refractivity contribution in [1.29, 1.82) is 0 Å². The van der Waals surface area contributed by atoms with Crippen LogP contribution in [0.3, 0.4) is 0 Å². The van der Waals surface area contributed by atoms with Gasteiger partial charge in [0.25, 0.3) is 0 Å². The number of nitrogens with zero attached hydrogens (tertiary/aromatic N) is 3. The number of ether oxygens (including phenoxy) is 2. The van der Waals surface area contributed by atoms with Gasteiger partial charge in [0.05, 0.1) is 6.61 Å². The van der Waals surface area contributed by atoms with Crippen LogP contribution in [0.4, 0.5) is 4.79 Å². The van der Waals surface area contributed by atoms with Crippen molar-refractivity contribution in [1.82, 2.24) is 20.0 Å². The summed E-state index contributed by atoms with van der Waals surface area (Å²) < 4.78 is 11.0. The van der Waals surface area contributed by atoms with Gasteiger partial charge in [0.2, 0.25) is 5.91 Å². The molecule has 0 saturated heterocycles. The third-order valence-corrected chi connectivity index (χ3v) is 5.24. The topological polar surface area (TPSA) is 94.6 Å². The Labute approximate surface area is 243 Å². The summed E-state index contributed by atoms with van der Waals surface area (Å²) >= 11 is 4.77. The molecule has 217 valence electrons. The zero-order valence-electron chi connectivity index (χ0n) is 23.5. The van der Waals surface area contributed by atoms with Crippen molar-refractivity contribution < 1.29 is 44.3 Å². The molecule has 1 aromatic rings. The average Bonchev–Trinajstić information content (AvgIpc) is 2.83. The molecule has 0 aliphatic carbocycles. The van der Waals surface area contributed by atoms with Crippen LogP contribution < -0.4 is 10.1 Å². The van der Waals surface area contributed by atoms with Crippen LogP contribution in [0, 0.1) is 6.92 Å². The first-order chi connectivity index (χ1) is 17.1. The number of aliphatic hydroxyl groups excluding tert-OH is 1. The number of hydrogen-bond donors (Lipinski definition) is 2. The van der Waals surface area contributed by atoms with E-state index in [1.54, 1.807) is 23.1 Å². The zero-order valence-corrected chi connectivity index (χ0v) is 26.8. The molecule has 1 atom stereocenters. The van der Waals surface area contributed by atoms with Gasteiger partial charge in [-0.2, -0.15) is 5.75 Å². The van der Waals surface area contributed by atoms with Gasteiger partial charge in [0, 0.05) is 33.2 Å². The third-order valence-electron chi connectivity index (χ3n) is 5.04. The minimum Gasteiger partial charge on any atom is -0.791 e. The first-order valence-corrected chi connectivity index (χ1v) is 13.2. The Bertz CT molecular complexity index is 742. The van der Waals surface area contributed by atoms with Gasteiger partial charge < -0.3 is 47.2 Å². The van der Waals surface area contributed by atoms with Crippen LogP contribution in [0.15, 0.2) is 18.2 Å². The first kappa shape index (κ1) is 37.9. The van der Waals surface area contributed by atoms with E-state index in [9.17, 15) is 14.7 Å². The van der Waals surface area contributed by atoms with E-state index >= 15 is 0 Å². The van der Waals surface area contributed by atoms with E-state index in [1.165, 1.54) is 0 Å². The van der Waals surface area contributed by atoms with Crippen LogP contribution in [0.1, 0.15) is 43.9 Å². The van der Waals surface area contributed by atoms with Crippen LogP contribution in [-0.2, 0) is 42.3 Å². The normalized spacial score (nSPS) is 11.3. The van der Waals surface area contributed by atoms with Crippen molar-refractivity contribution >= 4 is 24.6 Å². The molecular formula is C26H47IrN4O5S-. The Hall–Kier alpha value is -1.20. The summed E-state index contributed by atoms with van der Waals surface area (Å²) in [4.78, 5) is 30.4. The molecule has 2 N–H and O–H groups in total. The number of amides is 2. The van der Waals surface area contributed by atoms with E-state index in [1.807, 2.05) is 49.0 Å². The molecule has 0 aromatic heterocycles. The van der Waals surface area contributed by atoms with Gasteiger partial charge >= 0.3 is 6.09 Å². The maximum Gasteiger partial charge on any atom is 0.415 e. The molecule has 0 spiro atoms. The number of benzene rings is 1. The number of carbonyl (C=O) groups is 2. The van der Waals surface area contributed by atoms with E-state index < -0.39 is 6.10 Å². The van der Waals surface area contributed by atoms with E-state index in [-0.39, 0.29) is 45.3 Å². The summed E-state index contributed by atoms with van der Waals surface area (Å²) in [5.74, 6) is 0.626. The van der Waals surface area contributed by atoms with Crippen LogP contribution in [-0.4, -0.2) is 112 Å². The molecule has 1 unspecified atom stereocenters. The second-order valence-electron chi connectivity index (χ2n) is 8.78. The number of nitrogens with one attached hydrogen (secondary N) is 1. The maximum atomic E-state index is 12.9. The number of carbonyl (C=O) groups excluding carboxylic acids is 2.